The smallest absolute Gasteiger partial charge is 0.308 e. The van der Waals surface area contributed by atoms with Crippen LogP contribution in [0.25, 0.3) is 5.69 Å². The standard InChI is InChI=1S/C16H18N6O4S/c1-26-14(24)9-12-15(25)17-7-8-21(12)13(23)10-27-16-18-19-20-22(16)11-5-3-2-4-6-11/h2-6,12H,7-10H2,1H3,(H,17,25)/t12-/m0/s1. The third-order valence-corrected chi connectivity index (χ3v) is 4.91. The number of esters is 1. The van der Waals surface area contributed by atoms with Crippen molar-refractivity contribution in [1.29, 1.82) is 0 Å². The number of ether oxygens (including phenoxy) is 1. The molecular formula is C16H18N6O4S. The first-order valence-electron chi connectivity index (χ1n) is 8.20. The Morgan fingerprint density at radius 3 is 2.85 bits per heavy atom. The number of piperazine rings is 1. The minimum Gasteiger partial charge on any atom is -0.469 e. The van der Waals surface area contributed by atoms with E-state index in [9.17, 15) is 14.4 Å². The fourth-order valence-corrected chi connectivity index (χ4v) is 3.44. The molecule has 1 aromatic heterocycles. The Kier molecular flexibility index (Phi) is 6.01. The normalized spacial score (nSPS) is 16.7. The Bertz CT molecular complexity index is 827. The van der Waals surface area contributed by atoms with Gasteiger partial charge in [-0.25, -0.2) is 0 Å². The molecule has 0 aliphatic carbocycles. The topological polar surface area (TPSA) is 119 Å². The van der Waals surface area contributed by atoms with Crippen LogP contribution in [0.2, 0.25) is 0 Å². The van der Waals surface area contributed by atoms with Crippen molar-refractivity contribution in [3.63, 3.8) is 0 Å². The number of benzene rings is 1. The number of rotatable bonds is 6. The monoisotopic (exact) mass is 390 g/mol. The van der Waals surface area contributed by atoms with Crippen molar-refractivity contribution in [3.8, 4) is 5.69 Å². The quantitative estimate of drug-likeness (QED) is 0.525. The van der Waals surface area contributed by atoms with Gasteiger partial charge in [0, 0.05) is 13.1 Å². The van der Waals surface area contributed by atoms with Crippen molar-refractivity contribution in [2.75, 3.05) is 26.0 Å². The highest BCUT2D eigenvalue weighted by molar-refractivity contribution is 7.99. The second-order valence-corrected chi connectivity index (χ2v) is 6.61. The second kappa shape index (κ2) is 8.62. The van der Waals surface area contributed by atoms with E-state index in [4.69, 9.17) is 0 Å². The number of carbonyl (C=O) groups excluding carboxylic acids is 3. The van der Waals surface area contributed by atoms with E-state index in [0.29, 0.717) is 18.2 Å². The van der Waals surface area contributed by atoms with E-state index in [1.807, 2.05) is 30.3 Å². The zero-order valence-corrected chi connectivity index (χ0v) is 15.4. The minimum atomic E-state index is -0.871. The lowest BCUT2D eigenvalue weighted by Crippen LogP contribution is -2.58. The molecule has 3 rings (SSSR count). The molecule has 142 valence electrons. The maximum absolute atomic E-state index is 12.7. The number of carbonyl (C=O) groups is 3. The molecule has 0 spiro atoms. The molecule has 1 aliphatic rings. The third kappa shape index (κ3) is 4.42. The van der Waals surface area contributed by atoms with Gasteiger partial charge in [0.05, 0.1) is 25.0 Å². The van der Waals surface area contributed by atoms with Gasteiger partial charge in [-0.15, -0.1) is 5.10 Å². The number of thioether (sulfide) groups is 1. The lowest BCUT2D eigenvalue weighted by molar-refractivity contribution is -0.149. The summed E-state index contributed by atoms with van der Waals surface area (Å²) >= 11 is 1.17. The lowest BCUT2D eigenvalue weighted by Gasteiger charge is -2.34. The van der Waals surface area contributed by atoms with Gasteiger partial charge < -0.3 is 15.0 Å². The summed E-state index contributed by atoms with van der Waals surface area (Å²) < 4.78 is 6.16. The Labute approximate surface area is 159 Å². The largest absolute Gasteiger partial charge is 0.469 e. The number of nitrogens with zero attached hydrogens (tertiary/aromatic N) is 5. The molecule has 1 aromatic carbocycles. The van der Waals surface area contributed by atoms with Gasteiger partial charge in [-0.1, -0.05) is 30.0 Å². The zero-order chi connectivity index (χ0) is 19.2. The number of hydrogen-bond acceptors (Lipinski definition) is 8. The van der Waals surface area contributed by atoms with E-state index in [1.165, 1.54) is 28.5 Å². The van der Waals surface area contributed by atoms with Crippen LogP contribution in [0.1, 0.15) is 6.42 Å². The molecule has 27 heavy (non-hydrogen) atoms. The first-order chi connectivity index (χ1) is 13.1. The summed E-state index contributed by atoms with van der Waals surface area (Å²) in [6, 6.07) is 8.44. The van der Waals surface area contributed by atoms with Gasteiger partial charge in [-0.3, -0.25) is 14.4 Å². The fourth-order valence-electron chi connectivity index (χ4n) is 2.67. The molecule has 1 atom stereocenters. The molecule has 10 nitrogen and oxygen atoms in total. The molecule has 1 fully saturated rings. The molecule has 0 unspecified atom stereocenters. The van der Waals surface area contributed by atoms with Crippen molar-refractivity contribution in [1.82, 2.24) is 30.4 Å². The van der Waals surface area contributed by atoms with Gasteiger partial charge in [0.2, 0.25) is 17.0 Å². The summed E-state index contributed by atoms with van der Waals surface area (Å²) in [6.45, 7) is 0.672. The van der Waals surface area contributed by atoms with Gasteiger partial charge in [-0.2, -0.15) is 4.68 Å². The van der Waals surface area contributed by atoms with Crippen LogP contribution >= 0.6 is 11.8 Å². The van der Waals surface area contributed by atoms with Crippen LogP contribution in [-0.2, 0) is 19.1 Å². The molecule has 11 heteroatoms. The van der Waals surface area contributed by atoms with E-state index in [-0.39, 0.29) is 24.0 Å². The van der Waals surface area contributed by atoms with Gasteiger partial charge in [-0.05, 0) is 22.6 Å². The van der Waals surface area contributed by atoms with Crippen LogP contribution < -0.4 is 5.32 Å². The molecule has 2 aromatic rings. The van der Waals surface area contributed by atoms with Crippen LogP contribution in [0.3, 0.4) is 0 Å². The highest BCUT2D eigenvalue weighted by atomic mass is 32.2. The lowest BCUT2D eigenvalue weighted by atomic mass is 10.1. The molecule has 1 N–H and O–H groups in total. The Morgan fingerprint density at radius 2 is 2.11 bits per heavy atom. The molecule has 1 saturated heterocycles. The predicted octanol–water partition coefficient (Wildman–Crippen LogP) is -0.355. The van der Waals surface area contributed by atoms with Gasteiger partial charge >= 0.3 is 5.97 Å². The second-order valence-electron chi connectivity index (χ2n) is 5.67. The van der Waals surface area contributed by atoms with Crippen LogP contribution in [0.4, 0.5) is 0 Å². The molecule has 0 saturated carbocycles. The number of nitrogens with one attached hydrogen (secondary N) is 1. The maximum Gasteiger partial charge on any atom is 0.308 e. The van der Waals surface area contributed by atoms with E-state index in [1.54, 1.807) is 0 Å². The van der Waals surface area contributed by atoms with Crippen LogP contribution in [0.5, 0.6) is 0 Å². The van der Waals surface area contributed by atoms with Gasteiger partial charge in [0.15, 0.2) is 0 Å². The van der Waals surface area contributed by atoms with Crippen molar-refractivity contribution in [3.05, 3.63) is 30.3 Å². The highest BCUT2D eigenvalue weighted by Gasteiger charge is 2.35. The maximum atomic E-state index is 12.7. The first kappa shape index (κ1) is 18.8. The Morgan fingerprint density at radius 1 is 1.33 bits per heavy atom. The molecule has 2 amide bonds. The highest BCUT2D eigenvalue weighted by Crippen LogP contribution is 2.20. The number of para-hydroxylation sites is 1. The molecule has 2 heterocycles. The SMILES string of the molecule is COC(=O)C[C@H]1C(=O)NCCN1C(=O)CSc1nnnn1-c1ccccc1. The molecular weight excluding hydrogens is 372 g/mol. The average molecular weight is 390 g/mol. The average Bonchev–Trinajstić information content (AvgIpc) is 3.16. The van der Waals surface area contributed by atoms with Crippen molar-refractivity contribution in [2.24, 2.45) is 0 Å². The van der Waals surface area contributed by atoms with Gasteiger partial charge in [0.1, 0.15) is 6.04 Å². The van der Waals surface area contributed by atoms with E-state index in [0.717, 1.165) is 5.69 Å². The summed E-state index contributed by atoms with van der Waals surface area (Å²) in [7, 11) is 1.24. The number of aromatic nitrogens is 4. The predicted molar refractivity (Wildman–Crippen MR) is 95.0 cm³/mol. The van der Waals surface area contributed by atoms with E-state index in [2.05, 4.69) is 25.6 Å². The van der Waals surface area contributed by atoms with Crippen molar-refractivity contribution < 1.29 is 19.1 Å². The summed E-state index contributed by atoms with van der Waals surface area (Å²) in [6.07, 6.45) is -0.180. The van der Waals surface area contributed by atoms with Crippen molar-refractivity contribution in [2.45, 2.75) is 17.6 Å². The summed E-state index contributed by atoms with van der Waals surface area (Å²) in [5, 5.41) is 14.7. The van der Waals surface area contributed by atoms with E-state index >= 15 is 0 Å². The Balaban J connectivity index is 1.67. The molecule has 0 radical (unpaired) electrons. The fraction of sp³-hybridized carbons (Fsp3) is 0.375. The van der Waals surface area contributed by atoms with E-state index < -0.39 is 12.0 Å². The zero-order valence-electron chi connectivity index (χ0n) is 14.6. The summed E-state index contributed by atoms with van der Waals surface area (Å²) in [5.41, 5.74) is 0.776. The summed E-state index contributed by atoms with van der Waals surface area (Å²) in [5.74, 6) is -1.14. The minimum absolute atomic E-state index is 0.0398. The first-order valence-corrected chi connectivity index (χ1v) is 9.19. The van der Waals surface area contributed by atoms with Crippen LogP contribution in [-0.4, -0.2) is 74.9 Å². The number of hydrogen-bond donors (Lipinski definition) is 1. The summed E-state index contributed by atoms with van der Waals surface area (Å²) in [4.78, 5) is 37.7. The number of tetrazole rings is 1. The third-order valence-electron chi connectivity index (χ3n) is 4.01. The van der Waals surface area contributed by atoms with Crippen LogP contribution in [0, 0.1) is 0 Å². The van der Waals surface area contributed by atoms with Gasteiger partial charge in [0.25, 0.3) is 0 Å². The molecule has 0 bridgehead atoms. The number of amides is 2. The Hall–Kier alpha value is -2.95. The van der Waals surface area contributed by atoms with Crippen LogP contribution in [0.15, 0.2) is 35.5 Å². The molecule has 1 aliphatic heterocycles. The van der Waals surface area contributed by atoms with Crippen molar-refractivity contribution >= 4 is 29.5 Å². The number of methoxy groups -OCH3 is 1.